The fraction of sp³-hybridized carbons (Fsp3) is 0.600. The van der Waals surface area contributed by atoms with Crippen molar-refractivity contribution in [1.82, 2.24) is 10.6 Å². The minimum atomic E-state index is -2.72. The normalized spacial score (nSPS) is 16.0. The van der Waals surface area contributed by atoms with Gasteiger partial charge in [-0.3, -0.25) is 20.1 Å². The molecule has 10 nitrogen and oxygen atoms in total. The highest BCUT2D eigenvalue weighted by Crippen LogP contribution is 2.14. The molecular formula is C10H17N3O7S2. The van der Waals surface area contributed by atoms with Gasteiger partial charge in [0, 0.05) is 12.2 Å². The van der Waals surface area contributed by atoms with Gasteiger partial charge in [-0.25, -0.2) is 4.79 Å². The standard InChI is InChI=1S/C10H17N3O7S2/c11-10(20,9(18)19)5(22)1-6(14)13-4(3-21)8(17)12-2-7(15)16/h4-5,20-22H,1-3,11H2,(H,12,17)(H,13,14)(H,15,16)(H,18,19). The quantitative estimate of drug-likeness (QED) is 0.159. The van der Waals surface area contributed by atoms with Crippen LogP contribution in [0.2, 0.25) is 0 Å². The van der Waals surface area contributed by atoms with Gasteiger partial charge in [-0.05, 0) is 0 Å². The molecule has 12 heteroatoms. The number of thiol groups is 2. The third-order valence-corrected chi connectivity index (χ3v) is 3.42. The van der Waals surface area contributed by atoms with Gasteiger partial charge in [-0.2, -0.15) is 25.3 Å². The van der Waals surface area contributed by atoms with Crippen molar-refractivity contribution in [2.75, 3.05) is 12.3 Å². The summed E-state index contributed by atoms with van der Waals surface area (Å²) in [5.41, 5.74) is 2.38. The molecule has 0 saturated carbocycles. The number of carbonyl (C=O) groups is 4. The average molecular weight is 355 g/mol. The van der Waals surface area contributed by atoms with Crippen molar-refractivity contribution in [3.8, 4) is 0 Å². The molecule has 0 radical (unpaired) electrons. The topological polar surface area (TPSA) is 179 Å². The second kappa shape index (κ2) is 8.82. The second-order valence-corrected chi connectivity index (χ2v) is 5.25. The highest BCUT2D eigenvalue weighted by Gasteiger charge is 2.39. The molecule has 0 heterocycles. The van der Waals surface area contributed by atoms with E-state index in [1.54, 1.807) is 0 Å². The molecule has 7 N–H and O–H groups in total. The summed E-state index contributed by atoms with van der Waals surface area (Å²) in [6.07, 6.45) is -0.584. The number of aliphatic carboxylic acids is 2. The maximum atomic E-state index is 11.7. The molecule has 0 rings (SSSR count). The molecule has 3 atom stereocenters. The Hall–Kier alpha value is -1.50. The number of nitrogens with one attached hydrogen (secondary N) is 2. The summed E-state index contributed by atoms with van der Waals surface area (Å²) in [6, 6.07) is -1.13. The van der Waals surface area contributed by atoms with Gasteiger partial charge >= 0.3 is 11.9 Å². The Morgan fingerprint density at radius 2 is 1.77 bits per heavy atom. The predicted molar refractivity (Wildman–Crippen MR) is 80.6 cm³/mol. The fourth-order valence-corrected chi connectivity index (χ4v) is 1.74. The molecule has 0 spiro atoms. The zero-order valence-corrected chi connectivity index (χ0v) is 13.0. The van der Waals surface area contributed by atoms with Crippen molar-refractivity contribution in [2.24, 2.45) is 5.73 Å². The van der Waals surface area contributed by atoms with E-state index in [0.717, 1.165) is 0 Å². The summed E-state index contributed by atoms with van der Waals surface area (Å²) in [4.78, 5) is 44.3. The molecule has 0 aliphatic rings. The molecule has 0 aromatic heterocycles. The smallest absolute Gasteiger partial charge is 0.352 e. The summed E-state index contributed by atoms with van der Waals surface area (Å²) < 4.78 is 0. The van der Waals surface area contributed by atoms with Crippen LogP contribution in [0, 0.1) is 0 Å². The minimum Gasteiger partial charge on any atom is -0.480 e. The third-order valence-electron chi connectivity index (χ3n) is 2.48. The van der Waals surface area contributed by atoms with E-state index in [1.165, 1.54) is 0 Å². The first-order valence-corrected chi connectivity index (χ1v) is 6.99. The SMILES string of the molecule is NC(O)(C(=O)O)C(S)CC(=O)NC(CS)C(=O)NCC(=O)O. The lowest BCUT2D eigenvalue weighted by molar-refractivity contribution is -0.158. The van der Waals surface area contributed by atoms with Gasteiger partial charge in [0.1, 0.15) is 12.6 Å². The Bertz CT molecular complexity index is 458. The molecule has 0 aliphatic heterocycles. The number of carboxylic acid groups (broad SMARTS) is 2. The summed E-state index contributed by atoms with van der Waals surface area (Å²) in [7, 11) is 0. The zero-order valence-electron chi connectivity index (χ0n) is 11.2. The third kappa shape index (κ3) is 6.51. The number of nitrogens with two attached hydrogens (primary N) is 1. The van der Waals surface area contributed by atoms with E-state index in [1.807, 2.05) is 0 Å². The van der Waals surface area contributed by atoms with Crippen molar-refractivity contribution < 1.29 is 34.5 Å². The van der Waals surface area contributed by atoms with Crippen LogP contribution in [0.25, 0.3) is 0 Å². The van der Waals surface area contributed by atoms with Crippen LogP contribution < -0.4 is 16.4 Å². The number of hydrogen-bond donors (Lipinski definition) is 8. The summed E-state index contributed by atoms with van der Waals surface area (Å²) in [6.45, 7) is -0.629. The van der Waals surface area contributed by atoms with Gasteiger partial charge in [0.05, 0.1) is 5.25 Å². The molecule has 0 aromatic rings. The van der Waals surface area contributed by atoms with Crippen LogP contribution in [0.1, 0.15) is 6.42 Å². The van der Waals surface area contributed by atoms with Crippen molar-refractivity contribution >= 4 is 49.0 Å². The number of carboxylic acids is 2. The molecule has 0 bridgehead atoms. The minimum absolute atomic E-state index is 0.125. The maximum Gasteiger partial charge on any atom is 0.352 e. The van der Waals surface area contributed by atoms with Crippen molar-refractivity contribution in [1.29, 1.82) is 0 Å². The second-order valence-electron chi connectivity index (χ2n) is 4.26. The Morgan fingerprint density at radius 1 is 1.23 bits per heavy atom. The predicted octanol–water partition coefficient (Wildman–Crippen LogP) is -2.98. The van der Waals surface area contributed by atoms with E-state index >= 15 is 0 Å². The first-order chi connectivity index (χ1) is 10.0. The highest BCUT2D eigenvalue weighted by molar-refractivity contribution is 7.81. The van der Waals surface area contributed by atoms with E-state index in [4.69, 9.17) is 15.9 Å². The molecule has 0 saturated heterocycles. The molecule has 3 unspecified atom stereocenters. The van der Waals surface area contributed by atoms with Gasteiger partial charge < -0.3 is 26.0 Å². The lowest BCUT2D eigenvalue weighted by Crippen LogP contribution is -2.57. The van der Waals surface area contributed by atoms with Crippen LogP contribution in [-0.2, 0) is 19.2 Å². The summed E-state index contributed by atoms with van der Waals surface area (Å²) >= 11 is 7.59. The van der Waals surface area contributed by atoms with E-state index < -0.39 is 53.7 Å². The highest BCUT2D eigenvalue weighted by atomic mass is 32.1. The van der Waals surface area contributed by atoms with Crippen LogP contribution in [-0.4, -0.2) is 68.4 Å². The fourth-order valence-electron chi connectivity index (χ4n) is 1.21. The molecule has 2 amide bonds. The van der Waals surface area contributed by atoms with E-state index in [-0.39, 0.29) is 5.75 Å². The van der Waals surface area contributed by atoms with Crippen molar-refractivity contribution in [3.63, 3.8) is 0 Å². The maximum absolute atomic E-state index is 11.7. The van der Waals surface area contributed by atoms with Gasteiger partial charge in [-0.1, -0.05) is 0 Å². The number of amides is 2. The van der Waals surface area contributed by atoms with Gasteiger partial charge in [0.15, 0.2) is 0 Å². The van der Waals surface area contributed by atoms with E-state index in [2.05, 4.69) is 35.9 Å². The van der Waals surface area contributed by atoms with Crippen LogP contribution in [0.3, 0.4) is 0 Å². The van der Waals surface area contributed by atoms with Crippen LogP contribution in [0.15, 0.2) is 0 Å². The van der Waals surface area contributed by atoms with Crippen molar-refractivity contribution in [3.05, 3.63) is 0 Å². The number of hydrogen-bond acceptors (Lipinski definition) is 8. The Morgan fingerprint density at radius 3 is 2.18 bits per heavy atom. The van der Waals surface area contributed by atoms with Crippen molar-refractivity contribution in [2.45, 2.75) is 23.4 Å². The molecule has 0 aliphatic carbocycles. The number of carbonyl (C=O) groups excluding carboxylic acids is 2. The average Bonchev–Trinajstić information content (AvgIpc) is 2.41. The molecule has 126 valence electrons. The van der Waals surface area contributed by atoms with Crippen LogP contribution in [0.4, 0.5) is 0 Å². The first-order valence-electron chi connectivity index (χ1n) is 5.84. The van der Waals surface area contributed by atoms with E-state index in [0.29, 0.717) is 0 Å². The van der Waals surface area contributed by atoms with Crippen LogP contribution in [0.5, 0.6) is 0 Å². The molecule has 22 heavy (non-hydrogen) atoms. The lowest BCUT2D eigenvalue weighted by atomic mass is 10.1. The monoisotopic (exact) mass is 355 g/mol. The Labute approximate surface area is 136 Å². The number of rotatable bonds is 9. The zero-order chi connectivity index (χ0) is 17.5. The molecular weight excluding hydrogens is 338 g/mol. The van der Waals surface area contributed by atoms with E-state index in [9.17, 15) is 24.3 Å². The van der Waals surface area contributed by atoms with Gasteiger partial charge in [0.2, 0.25) is 17.5 Å². The largest absolute Gasteiger partial charge is 0.480 e. The van der Waals surface area contributed by atoms with Gasteiger partial charge in [0.25, 0.3) is 0 Å². The first kappa shape index (κ1) is 20.5. The molecule has 0 aromatic carbocycles. The molecule has 0 fully saturated rings. The Kier molecular flexibility index (Phi) is 8.22. The number of aliphatic hydroxyl groups is 1. The lowest BCUT2D eigenvalue weighted by Gasteiger charge is -2.25. The summed E-state index contributed by atoms with van der Waals surface area (Å²) in [5.74, 6) is -4.73. The Balaban J connectivity index is 4.58. The van der Waals surface area contributed by atoms with Crippen LogP contribution >= 0.6 is 25.3 Å². The van der Waals surface area contributed by atoms with Gasteiger partial charge in [-0.15, -0.1) is 0 Å². The summed E-state index contributed by atoms with van der Waals surface area (Å²) in [5, 5.41) is 29.4.